The second-order valence-electron chi connectivity index (χ2n) is 10.1. The number of hydrogen-bond acceptors (Lipinski definition) is 5. The second kappa shape index (κ2) is 14.2. The number of carbonyl (C=O) groups is 1. The van der Waals surface area contributed by atoms with Crippen LogP contribution in [-0.2, 0) is 14.9 Å². The van der Waals surface area contributed by atoms with Crippen molar-refractivity contribution < 1.29 is 24.9 Å². The van der Waals surface area contributed by atoms with E-state index < -0.39 is 12.2 Å². The Bertz CT molecular complexity index is 761. The van der Waals surface area contributed by atoms with Crippen LogP contribution in [0, 0.1) is 5.92 Å². The number of benzene rings is 1. The summed E-state index contributed by atoms with van der Waals surface area (Å²) in [7, 11) is 0. The zero-order chi connectivity index (χ0) is 25.1. The van der Waals surface area contributed by atoms with Crippen LogP contribution in [0.5, 0.6) is 0 Å². The van der Waals surface area contributed by atoms with Gasteiger partial charge in [0.2, 0.25) is 0 Å². The Labute approximate surface area is 210 Å². The van der Waals surface area contributed by atoms with E-state index in [9.17, 15) is 15.0 Å². The van der Waals surface area contributed by atoms with E-state index in [1.165, 1.54) is 0 Å². The highest BCUT2D eigenvalue weighted by molar-refractivity contribution is 6.21. The summed E-state index contributed by atoms with van der Waals surface area (Å²) in [4.78, 5) is 11.5. The largest absolute Gasteiger partial charge is 0.463 e. The van der Waals surface area contributed by atoms with Gasteiger partial charge in [-0.2, -0.15) is 0 Å². The number of carbonyl (C=O) groups excluding carboxylic acids is 1. The Morgan fingerprint density at radius 3 is 2.59 bits per heavy atom. The molecule has 1 unspecified atom stereocenters. The van der Waals surface area contributed by atoms with Gasteiger partial charge in [0.05, 0.1) is 18.8 Å². The Morgan fingerprint density at radius 2 is 1.94 bits per heavy atom. The predicted octanol–water partition coefficient (Wildman–Crippen LogP) is 5.24. The molecule has 1 aliphatic rings. The number of esters is 1. The number of aliphatic hydroxyl groups is 3. The molecule has 6 heteroatoms. The van der Waals surface area contributed by atoms with E-state index in [0.29, 0.717) is 19.3 Å². The molecule has 1 fully saturated rings. The van der Waals surface area contributed by atoms with Crippen molar-refractivity contribution in [2.24, 2.45) is 5.92 Å². The Balaban J connectivity index is 1.97. The summed E-state index contributed by atoms with van der Waals surface area (Å²) in [5, 5.41) is 30.0. The fourth-order valence-electron chi connectivity index (χ4n) is 4.88. The number of alkyl halides is 1. The first-order valence-corrected chi connectivity index (χ1v) is 13.2. The van der Waals surface area contributed by atoms with Crippen molar-refractivity contribution in [1.29, 1.82) is 0 Å². The van der Waals surface area contributed by atoms with E-state index in [-0.39, 0.29) is 41.8 Å². The summed E-state index contributed by atoms with van der Waals surface area (Å²) in [6.07, 6.45) is 9.32. The third-order valence-electron chi connectivity index (χ3n) is 7.19. The number of rotatable bonds is 14. The molecule has 0 aliphatic heterocycles. The van der Waals surface area contributed by atoms with Crippen molar-refractivity contribution in [1.82, 2.24) is 0 Å². The Hall–Kier alpha value is -1.40. The molecule has 2 rings (SSSR count). The van der Waals surface area contributed by atoms with Crippen LogP contribution in [-0.4, -0.2) is 52.1 Å². The van der Waals surface area contributed by atoms with Crippen LogP contribution in [0.25, 0.3) is 0 Å². The molecular formula is C28H43ClO5. The summed E-state index contributed by atoms with van der Waals surface area (Å²) in [6, 6.07) is 8.34. The maximum Gasteiger partial charge on any atom is 0.305 e. The maximum absolute atomic E-state index is 11.5. The van der Waals surface area contributed by atoms with E-state index >= 15 is 0 Å². The van der Waals surface area contributed by atoms with Gasteiger partial charge in [0.25, 0.3) is 0 Å². The summed E-state index contributed by atoms with van der Waals surface area (Å²) in [6.45, 7) is 6.20. The lowest BCUT2D eigenvalue weighted by Crippen LogP contribution is -2.33. The van der Waals surface area contributed by atoms with Gasteiger partial charge in [-0.15, -0.1) is 11.6 Å². The van der Waals surface area contributed by atoms with Crippen LogP contribution >= 0.6 is 11.6 Å². The molecule has 1 aromatic carbocycles. The number of aliphatic hydroxyl groups excluding tert-OH is 3. The van der Waals surface area contributed by atoms with Gasteiger partial charge in [-0.05, 0) is 49.1 Å². The van der Waals surface area contributed by atoms with Crippen molar-refractivity contribution in [2.75, 3.05) is 13.2 Å². The van der Waals surface area contributed by atoms with Crippen molar-refractivity contribution in [3.05, 3.63) is 47.5 Å². The molecule has 5 nitrogen and oxygen atoms in total. The third-order valence-corrected chi connectivity index (χ3v) is 7.69. The first kappa shape index (κ1) is 28.8. The quantitative estimate of drug-likeness (QED) is 0.142. The van der Waals surface area contributed by atoms with Crippen molar-refractivity contribution >= 4 is 17.6 Å². The molecule has 0 radical (unpaired) electrons. The minimum Gasteiger partial charge on any atom is -0.463 e. The van der Waals surface area contributed by atoms with Crippen molar-refractivity contribution in [3.8, 4) is 0 Å². The molecule has 1 saturated carbocycles. The highest BCUT2D eigenvalue weighted by Gasteiger charge is 2.41. The van der Waals surface area contributed by atoms with Crippen molar-refractivity contribution in [3.63, 3.8) is 0 Å². The highest BCUT2D eigenvalue weighted by Crippen LogP contribution is 2.45. The number of allylic oxidation sites excluding steroid dienone is 2. The molecule has 0 bridgehead atoms. The van der Waals surface area contributed by atoms with Gasteiger partial charge in [-0.1, -0.05) is 70.0 Å². The molecule has 1 aliphatic carbocycles. The van der Waals surface area contributed by atoms with Gasteiger partial charge in [0.1, 0.15) is 6.61 Å². The van der Waals surface area contributed by atoms with Crippen LogP contribution < -0.4 is 0 Å². The highest BCUT2D eigenvalue weighted by atomic mass is 35.5. The minimum absolute atomic E-state index is 0.0252. The second-order valence-corrected chi connectivity index (χ2v) is 10.6. The molecule has 0 spiro atoms. The van der Waals surface area contributed by atoms with E-state index in [0.717, 1.165) is 43.2 Å². The van der Waals surface area contributed by atoms with Crippen LogP contribution in [0.15, 0.2) is 36.4 Å². The van der Waals surface area contributed by atoms with E-state index in [4.69, 9.17) is 21.4 Å². The third kappa shape index (κ3) is 8.08. The molecule has 34 heavy (non-hydrogen) atoms. The van der Waals surface area contributed by atoms with Gasteiger partial charge in [-0.3, -0.25) is 4.79 Å². The minimum atomic E-state index is -0.476. The molecule has 0 aromatic heterocycles. The number of halogens is 1. The number of hydrogen-bond donors (Lipinski definition) is 3. The summed E-state index contributed by atoms with van der Waals surface area (Å²) in [5.41, 5.74) is 1.86. The molecule has 3 N–H and O–H groups in total. The Morgan fingerprint density at radius 1 is 1.24 bits per heavy atom. The molecular weight excluding hydrogens is 452 g/mol. The molecule has 0 saturated heterocycles. The molecule has 0 amide bonds. The lowest BCUT2D eigenvalue weighted by Gasteiger charge is -2.32. The van der Waals surface area contributed by atoms with Gasteiger partial charge < -0.3 is 20.1 Å². The maximum atomic E-state index is 11.5. The molecule has 0 heterocycles. The van der Waals surface area contributed by atoms with Crippen LogP contribution in [0.2, 0.25) is 0 Å². The standard InChI is InChI=1S/C28H43ClO5/c1-4-5-11-25(32)28(2,3)21-15-13-20(14-16-21)27-22(23(29)19-24(27)31)10-8-6-7-9-12-26(33)34-18-17-30/h6,8,13-16,22-25,27,30-32H,4-5,7,9-12,17-19H2,1-3H3/t22-,23+,24+,25?,27+/m0/s1. The van der Waals surface area contributed by atoms with Gasteiger partial charge in [0, 0.05) is 23.1 Å². The van der Waals surface area contributed by atoms with E-state index in [2.05, 4.69) is 57.2 Å². The smallest absolute Gasteiger partial charge is 0.305 e. The number of unbranched alkanes of at least 4 members (excludes halogenated alkanes) is 2. The number of ether oxygens (including phenoxy) is 1. The average molecular weight is 495 g/mol. The fraction of sp³-hybridized carbons (Fsp3) is 0.679. The lowest BCUT2D eigenvalue weighted by molar-refractivity contribution is -0.144. The van der Waals surface area contributed by atoms with Crippen LogP contribution in [0.1, 0.15) is 89.2 Å². The summed E-state index contributed by atoms with van der Waals surface area (Å²) >= 11 is 6.63. The van der Waals surface area contributed by atoms with E-state index in [1.54, 1.807) is 0 Å². The average Bonchev–Trinajstić information content (AvgIpc) is 3.10. The predicted molar refractivity (Wildman–Crippen MR) is 137 cm³/mol. The SMILES string of the molecule is CCCCC(O)C(C)(C)c1ccc([C@@H]2[C@@H](CC=CCCCC(=O)OCCO)[C@H](Cl)C[C@H]2O)cc1. The zero-order valence-electron chi connectivity index (χ0n) is 21.0. The van der Waals surface area contributed by atoms with Gasteiger partial charge in [0.15, 0.2) is 0 Å². The molecule has 5 atom stereocenters. The van der Waals surface area contributed by atoms with Crippen LogP contribution in [0.4, 0.5) is 0 Å². The monoisotopic (exact) mass is 494 g/mol. The first-order chi connectivity index (χ1) is 16.2. The van der Waals surface area contributed by atoms with E-state index in [1.807, 2.05) is 0 Å². The van der Waals surface area contributed by atoms with Crippen molar-refractivity contribution in [2.45, 2.75) is 101 Å². The molecule has 1 aromatic rings. The summed E-state index contributed by atoms with van der Waals surface area (Å²) < 4.78 is 4.86. The van der Waals surface area contributed by atoms with Gasteiger partial charge in [-0.25, -0.2) is 0 Å². The molecule has 192 valence electrons. The van der Waals surface area contributed by atoms with Gasteiger partial charge >= 0.3 is 5.97 Å². The normalized spacial score (nSPS) is 24.0. The zero-order valence-corrected chi connectivity index (χ0v) is 21.7. The lowest BCUT2D eigenvalue weighted by atomic mass is 9.76. The fourth-order valence-corrected chi connectivity index (χ4v) is 5.32. The Kier molecular flexibility index (Phi) is 12.1. The first-order valence-electron chi connectivity index (χ1n) is 12.7. The van der Waals surface area contributed by atoms with Crippen LogP contribution in [0.3, 0.4) is 0 Å². The topological polar surface area (TPSA) is 87.0 Å². The summed E-state index contributed by atoms with van der Waals surface area (Å²) in [5.74, 6) is -0.175.